The van der Waals surface area contributed by atoms with Crippen LogP contribution in [-0.2, 0) is 61.6 Å². The number of aliphatic hydroxyl groups is 16. The van der Waals surface area contributed by atoms with Crippen molar-refractivity contribution in [2.24, 2.45) is 50.2 Å². The Balaban J connectivity index is 0.737. The Hall–Kier alpha value is -1.87. The van der Waals surface area contributed by atoms with Gasteiger partial charge < -0.3 is 139 Å². The van der Waals surface area contributed by atoms with E-state index in [9.17, 15) is 81.7 Å². The van der Waals surface area contributed by atoms with Gasteiger partial charge in [0.1, 0.15) is 122 Å². The van der Waals surface area contributed by atoms with E-state index >= 15 is 4.79 Å². The van der Waals surface area contributed by atoms with Crippen LogP contribution in [0.5, 0.6) is 0 Å². The van der Waals surface area contributed by atoms with Crippen molar-refractivity contribution < 1.29 is 143 Å². The minimum Gasteiger partial charge on any atom is -0.432 e. The zero-order valence-corrected chi connectivity index (χ0v) is 53.5. The van der Waals surface area contributed by atoms with Crippen molar-refractivity contribution in [2.45, 2.75) is 292 Å². The Kier molecular flexibility index (Phi) is 20.7. The quantitative estimate of drug-likeness (QED) is 0.0457. The van der Waals surface area contributed by atoms with Crippen molar-refractivity contribution >= 4 is 5.97 Å². The van der Waals surface area contributed by atoms with Crippen LogP contribution >= 0.6 is 0 Å². The summed E-state index contributed by atoms with van der Waals surface area (Å²) in [6.45, 7) is 14.7. The van der Waals surface area contributed by atoms with Gasteiger partial charge in [-0.1, -0.05) is 60.1 Å². The molecule has 10 fully saturated rings. The second-order valence-electron chi connectivity index (χ2n) is 30.5. The van der Waals surface area contributed by atoms with Crippen molar-refractivity contribution in [3.63, 3.8) is 0 Å². The number of carbonyl (C=O) groups excluding carboxylic acids is 1. The predicted molar refractivity (Wildman–Crippen MR) is 309 cm³/mol. The summed E-state index contributed by atoms with van der Waals surface area (Å²) >= 11 is 0. The number of aliphatic hydroxyl groups excluding tert-OH is 16. The molecule has 29 heteroatoms. The van der Waals surface area contributed by atoms with Crippen LogP contribution in [0, 0.1) is 50.2 Å². The summed E-state index contributed by atoms with van der Waals surface area (Å²) in [5.41, 5.74) is -1.24. The van der Waals surface area contributed by atoms with Gasteiger partial charge in [-0.25, -0.2) is 0 Å². The van der Waals surface area contributed by atoms with Crippen LogP contribution in [-0.4, -0.2) is 293 Å². The van der Waals surface area contributed by atoms with E-state index < -0.39 is 215 Å². The first-order chi connectivity index (χ1) is 43.2. The molecular weight excluding hydrogens is 1220 g/mol. The van der Waals surface area contributed by atoms with Gasteiger partial charge in [-0.2, -0.15) is 0 Å². The SMILES string of the molecule is CC1OC(O[C@@H]2CC[C@]3(C)C(CC[C@@]4(C)C3CC=C3C5CC(C)(C)CC[C@@]5(C(=O)OC5OC(CO)C(OC6OCC(OC7OCC(O)C(O)C7O)C(O)C6O)C(O)C5O)CC[C@@]34C)C2(C)C)C(O)C(O)C1OC1OC(CO)C(O)C(OC2OCC(O)C(O)C2O)C1O. The Morgan fingerprint density at radius 1 is 0.500 bits per heavy atom. The Morgan fingerprint density at radius 3 is 1.67 bits per heavy atom. The summed E-state index contributed by atoms with van der Waals surface area (Å²) in [5, 5.41) is 173. The Labute approximate surface area is 534 Å². The number of rotatable bonds is 14. The number of hydrogen-bond acceptors (Lipinski definition) is 29. The highest BCUT2D eigenvalue weighted by molar-refractivity contribution is 5.79. The smallest absolute Gasteiger partial charge is 0.315 e. The molecule has 0 aromatic heterocycles. The number of ether oxygens (including phenoxy) is 12. The lowest BCUT2D eigenvalue weighted by Gasteiger charge is -2.71. The van der Waals surface area contributed by atoms with E-state index in [2.05, 4.69) is 54.5 Å². The summed E-state index contributed by atoms with van der Waals surface area (Å²) in [6.07, 6.45) is -34.0. The first-order valence-corrected chi connectivity index (χ1v) is 32.9. The summed E-state index contributed by atoms with van der Waals surface area (Å²) in [6, 6.07) is 0. The van der Waals surface area contributed by atoms with Gasteiger partial charge in [0.05, 0.1) is 50.7 Å². The molecule has 0 bridgehead atoms. The molecule has 0 aromatic rings. The molecule has 6 saturated heterocycles. The largest absolute Gasteiger partial charge is 0.432 e. The third-order valence-corrected chi connectivity index (χ3v) is 24.4. The zero-order valence-electron chi connectivity index (χ0n) is 53.5. The minimum absolute atomic E-state index is 0.134. The summed E-state index contributed by atoms with van der Waals surface area (Å²) in [7, 11) is 0. The summed E-state index contributed by atoms with van der Waals surface area (Å²) in [5.74, 6) is -0.505. The topological polar surface area (TPSA) is 452 Å². The van der Waals surface area contributed by atoms with Crippen LogP contribution in [0.4, 0.5) is 0 Å². The third kappa shape index (κ3) is 12.2. The van der Waals surface area contributed by atoms with E-state index in [4.69, 9.17) is 56.8 Å². The molecule has 0 amide bonds. The molecule has 0 spiro atoms. The molecule has 6 heterocycles. The standard InChI is InChI=1S/C63H102O29/c1-25-48(89-56-47(79)50(39(71)30(20-64)85-56)91-52-43(75)37(69)29(67)23-82-52)40(72)45(77)54(84-25)88-35-12-13-60(6)33(59(35,4)5)11-14-62(8)34(60)10-9-26-27-19-58(2,3)15-17-63(27,18-16-61(26,62)7)57(80)92-55-46(78)41(73)49(31(21-65)86-55)90-53-44(76)38(70)32(24-83-53)87-51-42(74)36(68)28(66)22-81-51/h9,25,27-56,64-79H,10-24H2,1-8H3/t25?,27?,28?,29?,30?,31?,32?,33?,34?,35-,36?,37?,38?,39?,40?,41?,42?,43?,44?,45?,46?,47?,48?,49?,50?,51?,52?,53?,54?,55?,56?,60-,61+,62+,63-/m1/s1. The lowest BCUT2D eigenvalue weighted by atomic mass is 9.33. The van der Waals surface area contributed by atoms with Gasteiger partial charge >= 0.3 is 5.97 Å². The van der Waals surface area contributed by atoms with E-state index in [-0.39, 0.29) is 46.0 Å². The molecule has 11 rings (SSSR count). The van der Waals surface area contributed by atoms with Crippen LogP contribution in [0.15, 0.2) is 11.6 Å². The van der Waals surface area contributed by atoms with Gasteiger partial charge in [-0.3, -0.25) is 4.79 Å². The molecule has 5 aliphatic carbocycles. The normalized spacial score (nSPS) is 54.3. The van der Waals surface area contributed by atoms with E-state index in [1.165, 1.54) is 5.57 Å². The first kappa shape index (κ1) is 71.4. The molecule has 528 valence electrons. The van der Waals surface area contributed by atoms with Gasteiger partial charge in [-0.15, -0.1) is 0 Å². The molecule has 0 radical (unpaired) electrons. The van der Waals surface area contributed by atoms with E-state index in [0.29, 0.717) is 38.5 Å². The fourth-order valence-electron chi connectivity index (χ4n) is 18.6. The number of hydrogen-bond donors (Lipinski definition) is 16. The van der Waals surface area contributed by atoms with Crippen LogP contribution in [0.3, 0.4) is 0 Å². The van der Waals surface area contributed by atoms with Gasteiger partial charge in [0, 0.05) is 0 Å². The van der Waals surface area contributed by atoms with Gasteiger partial charge in [0.25, 0.3) is 0 Å². The molecule has 29 nitrogen and oxygen atoms in total. The van der Waals surface area contributed by atoms with Crippen molar-refractivity contribution in [3.8, 4) is 0 Å². The average Bonchev–Trinajstić information content (AvgIpc) is 0.676. The molecule has 11 aliphatic rings. The molecule has 92 heavy (non-hydrogen) atoms. The van der Waals surface area contributed by atoms with Crippen molar-refractivity contribution in [1.82, 2.24) is 0 Å². The molecule has 35 atom stereocenters. The summed E-state index contributed by atoms with van der Waals surface area (Å²) in [4.78, 5) is 15.2. The first-order valence-electron chi connectivity index (χ1n) is 32.9. The maximum absolute atomic E-state index is 15.2. The number of fused-ring (bicyclic) bond motifs is 7. The second-order valence-corrected chi connectivity index (χ2v) is 30.5. The van der Waals surface area contributed by atoms with Crippen molar-refractivity contribution in [1.29, 1.82) is 0 Å². The Morgan fingerprint density at radius 2 is 1.03 bits per heavy atom. The van der Waals surface area contributed by atoms with Gasteiger partial charge in [-0.05, 0) is 116 Å². The van der Waals surface area contributed by atoms with Gasteiger partial charge in [0.15, 0.2) is 31.5 Å². The van der Waals surface area contributed by atoms with E-state index in [0.717, 1.165) is 25.7 Å². The molecule has 30 unspecified atom stereocenters. The second kappa shape index (κ2) is 26.7. The van der Waals surface area contributed by atoms with Crippen molar-refractivity contribution in [3.05, 3.63) is 11.6 Å². The number of esters is 1. The molecule has 4 saturated carbocycles. The number of allylic oxidation sites excluding steroid dienone is 2. The highest BCUT2D eigenvalue weighted by Gasteiger charge is 2.70. The lowest BCUT2D eigenvalue weighted by Crippen LogP contribution is -2.67. The van der Waals surface area contributed by atoms with Crippen molar-refractivity contribution in [2.75, 3.05) is 33.0 Å². The zero-order chi connectivity index (χ0) is 66.9. The lowest BCUT2D eigenvalue weighted by molar-refractivity contribution is -0.378. The highest BCUT2D eigenvalue weighted by atomic mass is 16.8. The van der Waals surface area contributed by atoms with Crippen LogP contribution in [0.1, 0.15) is 120 Å². The molecule has 6 aliphatic heterocycles. The maximum atomic E-state index is 15.2. The molecular formula is C63H102O29. The van der Waals surface area contributed by atoms with Crippen LogP contribution in [0.25, 0.3) is 0 Å². The highest BCUT2D eigenvalue weighted by Crippen LogP contribution is 2.76. The fourth-order valence-corrected chi connectivity index (χ4v) is 18.6. The minimum atomic E-state index is -1.90. The van der Waals surface area contributed by atoms with E-state index in [1.54, 1.807) is 6.92 Å². The number of carbonyl (C=O) groups is 1. The Bertz CT molecular complexity index is 2580. The molecule has 16 N–H and O–H groups in total. The molecule has 0 aromatic carbocycles. The van der Waals surface area contributed by atoms with E-state index in [1.807, 2.05) is 0 Å². The van der Waals surface area contributed by atoms with Gasteiger partial charge in [0.2, 0.25) is 6.29 Å². The average molecular weight is 1320 g/mol. The van der Waals surface area contributed by atoms with Crippen LogP contribution < -0.4 is 0 Å². The fraction of sp³-hybridized carbons (Fsp3) is 0.952. The third-order valence-electron chi connectivity index (χ3n) is 24.4. The summed E-state index contributed by atoms with van der Waals surface area (Å²) < 4.78 is 70.5. The monoisotopic (exact) mass is 1320 g/mol. The van der Waals surface area contributed by atoms with Crippen LogP contribution in [0.2, 0.25) is 0 Å². The predicted octanol–water partition coefficient (Wildman–Crippen LogP) is -3.44. The maximum Gasteiger partial charge on any atom is 0.315 e.